The van der Waals surface area contributed by atoms with Crippen molar-refractivity contribution in [2.24, 2.45) is 5.92 Å². The molecule has 0 saturated carbocycles. The van der Waals surface area contributed by atoms with Crippen LogP contribution in [0.15, 0.2) is 24.4 Å². The molecule has 0 N–H and O–H groups in total. The van der Waals surface area contributed by atoms with Gasteiger partial charge in [-0.05, 0) is 54.1 Å². The molecule has 3 aliphatic rings. The molecule has 4 heterocycles. The largest absolute Gasteiger partial charge is 0.457 e. The smallest absolute Gasteiger partial charge is 0.303 e. The average Bonchev–Trinajstić information content (AvgIpc) is 3.46. The summed E-state index contributed by atoms with van der Waals surface area (Å²) in [6, 6.07) is 5.12. The molecule has 0 bridgehead atoms. The van der Waals surface area contributed by atoms with E-state index in [0.717, 1.165) is 43.3 Å². The second-order valence-corrected chi connectivity index (χ2v) is 10.3. The third-order valence-corrected chi connectivity index (χ3v) is 8.02. The van der Waals surface area contributed by atoms with Crippen molar-refractivity contribution < 1.29 is 18.7 Å². The number of carbonyl (C=O) groups is 1. The number of hydrogen-bond acceptors (Lipinski definition) is 7. The number of hydrogen-bond donors (Lipinski definition) is 0. The zero-order chi connectivity index (χ0) is 24.5. The Morgan fingerprint density at radius 2 is 2.14 bits per heavy atom. The minimum atomic E-state index is -0.609. The van der Waals surface area contributed by atoms with Crippen molar-refractivity contribution in [3.05, 3.63) is 46.6 Å². The summed E-state index contributed by atoms with van der Waals surface area (Å²) in [4.78, 5) is 23.0. The predicted molar refractivity (Wildman–Crippen MR) is 128 cm³/mol. The standard InChI is InChI=1S/C25H27ClFN5O3/c1-4-19-13(2)20(34-14(3)33)23(35-19)32-22-17(10-28-32)21(29-24(26)30-22)31-11-25(12-31)8-7-15-5-6-16(27)9-18(15)25/h5-6,9-10,13,19-20,23H,4,7-8,11-12H2,1-3H3/t13-,19-,20-,23-/m1/s1. The molecule has 4 atom stereocenters. The lowest BCUT2D eigenvalue weighted by Crippen LogP contribution is -2.58. The summed E-state index contributed by atoms with van der Waals surface area (Å²) < 4.78 is 27.5. The van der Waals surface area contributed by atoms with Gasteiger partial charge in [-0.25, -0.2) is 9.07 Å². The van der Waals surface area contributed by atoms with Crippen molar-refractivity contribution in [2.45, 2.75) is 63.9 Å². The fraction of sp³-hybridized carbons (Fsp3) is 0.520. The van der Waals surface area contributed by atoms with Crippen LogP contribution in [0.3, 0.4) is 0 Å². The van der Waals surface area contributed by atoms with Crippen molar-refractivity contribution >= 4 is 34.4 Å². The molecule has 2 saturated heterocycles. The highest BCUT2D eigenvalue weighted by atomic mass is 35.5. The summed E-state index contributed by atoms with van der Waals surface area (Å²) in [6.07, 6.45) is 3.27. The highest BCUT2D eigenvalue weighted by Crippen LogP contribution is 2.48. The molecular weight excluding hydrogens is 473 g/mol. The topological polar surface area (TPSA) is 82.4 Å². The fourth-order valence-corrected chi connectivity index (χ4v) is 6.28. The molecular formula is C25H27ClFN5O3. The number of carbonyl (C=O) groups excluding carboxylic acids is 1. The quantitative estimate of drug-likeness (QED) is 0.393. The monoisotopic (exact) mass is 499 g/mol. The number of halogens is 2. The van der Waals surface area contributed by atoms with Gasteiger partial charge in [0, 0.05) is 31.3 Å². The Morgan fingerprint density at radius 1 is 1.34 bits per heavy atom. The number of nitrogens with zero attached hydrogens (tertiary/aromatic N) is 5. The minimum Gasteiger partial charge on any atom is -0.457 e. The van der Waals surface area contributed by atoms with Crippen LogP contribution in [0, 0.1) is 11.7 Å². The van der Waals surface area contributed by atoms with E-state index in [1.54, 1.807) is 16.9 Å². The Kier molecular flexibility index (Phi) is 5.27. The Bertz CT molecular complexity index is 1320. The molecule has 2 aromatic heterocycles. The molecule has 8 nitrogen and oxygen atoms in total. The average molecular weight is 500 g/mol. The van der Waals surface area contributed by atoms with Crippen LogP contribution in [-0.4, -0.2) is 51.0 Å². The summed E-state index contributed by atoms with van der Waals surface area (Å²) in [7, 11) is 0. The SMILES string of the molecule is CC[C@H]1O[C@@H](n2ncc3c(N4CC5(CCc6ccc(F)cc65)C4)nc(Cl)nc32)[C@H](OC(C)=O)[C@@H]1C. The normalized spacial score (nSPS) is 26.8. The summed E-state index contributed by atoms with van der Waals surface area (Å²) >= 11 is 6.38. The van der Waals surface area contributed by atoms with Crippen LogP contribution in [0.5, 0.6) is 0 Å². The molecule has 0 amide bonds. The number of anilines is 1. The van der Waals surface area contributed by atoms with Gasteiger partial charge in [-0.3, -0.25) is 4.79 Å². The summed E-state index contributed by atoms with van der Waals surface area (Å²) in [5.41, 5.74) is 2.78. The van der Waals surface area contributed by atoms with E-state index in [4.69, 9.17) is 21.1 Å². The maximum Gasteiger partial charge on any atom is 0.303 e. The number of ether oxygens (including phenoxy) is 2. The third-order valence-electron chi connectivity index (χ3n) is 7.85. The van der Waals surface area contributed by atoms with Gasteiger partial charge >= 0.3 is 5.97 Å². The van der Waals surface area contributed by atoms with Crippen LogP contribution in [0.25, 0.3) is 11.0 Å². The van der Waals surface area contributed by atoms with Gasteiger partial charge in [-0.2, -0.15) is 15.1 Å². The van der Waals surface area contributed by atoms with E-state index >= 15 is 0 Å². The highest BCUT2D eigenvalue weighted by Gasteiger charge is 2.50. The van der Waals surface area contributed by atoms with Crippen LogP contribution in [0.4, 0.5) is 10.2 Å². The third kappa shape index (κ3) is 3.50. The summed E-state index contributed by atoms with van der Waals surface area (Å²) in [5, 5.41) is 5.44. The Balaban J connectivity index is 1.34. The van der Waals surface area contributed by atoms with Crippen LogP contribution < -0.4 is 4.90 Å². The highest BCUT2D eigenvalue weighted by molar-refractivity contribution is 6.28. The van der Waals surface area contributed by atoms with Gasteiger partial charge in [0.1, 0.15) is 11.6 Å². The van der Waals surface area contributed by atoms with Crippen molar-refractivity contribution in [1.82, 2.24) is 19.7 Å². The van der Waals surface area contributed by atoms with Gasteiger partial charge in [0.25, 0.3) is 0 Å². The molecule has 1 aromatic carbocycles. The molecule has 3 aromatic rings. The van der Waals surface area contributed by atoms with Gasteiger partial charge in [0.05, 0.1) is 17.7 Å². The van der Waals surface area contributed by atoms with E-state index in [0.29, 0.717) is 11.5 Å². The van der Waals surface area contributed by atoms with Crippen LogP contribution in [0.2, 0.25) is 5.28 Å². The van der Waals surface area contributed by atoms with Crippen LogP contribution in [0.1, 0.15) is 51.0 Å². The maximum atomic E-state index is 14.0. The maximum absolute atomic E-state index is 14.0. The zero-order valence-corrected chi connectivity index (χ0v) is 20.6. The second-order valence-electron chi connectivity index (χ2n) is 9.99. The molecule has 2 fully saturated rings. The van der Waals surface area contributed by atoms with E-state index in [9.17, 15) is 9.18 Å². The molecule has 184 valence electrons. The Hall–Kier alpha value is -2.78. The van der Waals surface area contributed by atoms with E-state index in [1.165, 1.54) is 18.6 Å². The lowest BCUT2D eigenvalue weighted by molar-refractivity contribution is -0.154. The Labute approximate surface area is 207 Å². The van der Waals surface area contributed by atoms with Gasteiger partial charge in [-0.15, -0.1) is 0 Å². The van der Waals surface area contributed by atoms with E-state index in [2.05, 4.69) is 20.0 Å². The van der Waals surface area contributed by atoms with Gasteiger partial charge in [-0.1, -0.05) is 19.9 Å². The number of benzene rings is 1. The molecule has 0 unspecified atom stereocenters. The fourth-order valence-electron chi connectivity index (χ4n) is 6.12. The molecule has 2 aliphatic heterocycles. The van der Waals surface area contributed by atoms with Crippen LogP contribution in [-0.2, 0) is 26.1 Å². The Morgan fingerprint density at radius 3 is 2.89 bits per heavy atom. The van der Waals surface area contributed by atoms with Crippen molar-refractivity contribution in [1.29, 1.82) is 0 Å². The second kappa shape index (κ2) is 8.13. The van der Waals surface area contributed by atoms with Crippen molar-refractivity contribution in [3.63, 3.8) is 0 Å². The first kappa shape index (κ1) is 22.7. The predicted octanol–water partition coefficient (Wildman–Crippen LogP) is 4.20. The summed E-state index contributed by atoms with van der Waals surface area (Å²) in [5.74, 6) is 0.138. The molecule has 0 radical (unpaired) electrons. The first-order chi connectivity index (χ1) is 16.8. The molecule has 1 spiro atoms. The first-order valence-corrected chi connectivity index (χ1v) is 12.4. The number of rotatable bonds is 4. The van der Waals surface area contributed by atoms with E-state index in [1.807, 2.05) is 19.9 Å². The molecule has 10 heteroatoms. The van der Waals surface area contributed by atoms with Gasteiger partial charge in [0.15, 0.2) is 18.0 Å². The molecule has 35 heavy (non-hydrogen) atoms. The summed E-state index contributed by atoms with van der Waals surface area (Å²) in [6.45, 7) is 6.90. The first-order valence-electron chi connectivity index (χ1n) is 12.1. The molecule has 6 rings (SSSR count). The lowest BCUT2D eigenvalue weighted by Gasteiger charge is -2.49. The van der Waals surface area contributed by atoms with E-state index < -0.39 is 12.3 Å². The number of aromatic nitrogens is 4. The minimum absolute atomic E-state index is 0.00278. The van der Waals surface area contributed by atoms with Crippen LogP contribution >= 0.6 is 11.6 Å². The number of esters is 1. The molecule has 1 aliphatic carbocycles. The van der Waals surface area contributed by atoms with Gasteiger partial charge in [0.2, 0.25) is 5.28 Å². The van der Waals surface area contributed by atoms with E-state index in [-0.39, 0.29) is 34.5 Å². The van der Waals surface area contributed by atoms with Crippen molar-refractivity contribution in [3.8, 4) is 0 Å². The zero-order valence-electron chi connectivity index (χ0n) is 19.9. The lowest BCUT2D eigenvalue weighted by atomic mass is 9.74. The van der Waals surface area contributed by atoms with Gasteiger partial charge < -0.3 is 14.4 Å². The number of aryl methyl sites for hydroxylation is 1. The number of fused-ring (bicyclic) bond motifs is 3. The van der Waals surface area contributed by atoms with Crippen molar-refractivity contribution in [2.75, 3.05) is 18.0 Å².